The number of amides is 1. The molecule has 1 unspecified atom stereocenters. The molecule has 0 spiro atoms. The Morgan fingerprint density at radius 2 is 1.55 bits per heavy atom. The van der Waals surface area contributed by atoms with E-state index in [0.717, 1.165) is 16.8 Å². The van der Waals surface area contributed by atoms with Crippen molar-refractivity contribution in [1.82, 2.24) is 5.32 Å². The Morgan fingerprint density at radius 3 is 2.21 bits per heavy atom. The van der Waals surface area contributed by atoms with Gasteiger partial charge in [0, 0.05) is 21.4 Å². The predicted octanol–water partition coefficient (Wildman–Crippen LogP) is 6.43. The van der Waals surface area contributed by atoms with Crippen molar-refractivity contribution in [3.05, 3.63) is 112 Å². The molecule has 2 aliphatic rings. The second-order valence-electron chi connectivity index (χ2n) is 7.88. The highest BCUT2D eigenvalue weighted by molar-refractivity contribution is 8.27. The highest BCUT2D eigenvalue weighted by atomic mass is 35.5. The lowest BCUT2D eigenvalue weighted by molar-refractivity contribution is 0.112. The van der Waals surface area contributed by atoms with Crippen molar-refractivity contribution in [2.75, 3.05) is 12.5 Å². The summed E-state index contributed by atoms with van der Waals surface area (Å²) in [6, 6.07) is 23.9. The Bertz CT molecular complexity index is 1250. The van der Waals surface area contributed by atoms with Gasteiger partial charge in [0.05, 0.1) is 5.88 Å². The first-order valence-corrected chi connectivity index (χ1v) is 12.6. The van der Waals surface area contributed by atoms with Crippen LogP contribution in [-0.2, 0) is 4.74 Å². The normalized spacial score (nSPS) is 17.5. The van der Waals surface area contributed by atoms with E-state index in [9.17, 15) is 9.59 Å². The molecule has 1 amide bonds. The Labute approximate surface area is 200 Å². The van der Waals surface area contributed by atoms with Crippen molar-refractivity contribution in [2.24, 2.45) is 0 Å². The van der Waals surface area contributed by atoms with Crippen LogP contribution in [0.5, 0.6) is 0 Å². The van der Waals surface area contributed by atoms with Crippen molar-refractivity contribution in [1.29, 1.82) is 0 Å². The molecule has 1 aliphatic carbocycles. The molecule has 1 aliphatic heterocycles. The zero-order valence-corrected chi connectivity index (χ0v) is 19.4. The van der Waals surface area contributed by atoms with Crippen LogP contribution in [0, 0.1) is 0 Å². The molecular formula is C27H22ClNO3S. The minimum absolute atomic E-state index is 0.0182. The zero-order valence-electron chi connectivity index (χ0n) is 17.7. The Kier molecular flexibility index (Phi) is 6.07. The largest absolute Gasteiger partial charge is 0.449 e. The van der Waals surface area contributed by atoms with Crippen molar-refractivity contribution in [3.8, 4) is 11.1 Å². The first-order chi connectivity index (χ1) is 16.2. The van der Waals surface area contributed by atoms with Crippen LogP contribution < -0.4 is 5.32 Å². The molecular weight excluding hydrogens is 454 g/mol. The number of rotatable bonds is 6. The maximum Gasteiger partial charge on any atom is 0.407 e. The molecule has 166 valence electrons. The van der Waals surface area contributed by atoms with Crippen LogP contribution in [-0.4, -0.2) is 24.9 Å². The number of hydrogen-bond acceptors (Lipinski definition) is 3. The average Bonchev–Trinajstić information content (AvgIpc) is 3.38. The number of hydrogen-bond donors (Lipinski definition) is 2. The van der Waals surface area contributed by atoms with Gasteiger partial charge in [-0.15, -0.1) is 0 Å². The third kappa shape index (κ3) is 4.22. The van der Waals surface area contributed by atoms with Gasteiger partial charge in [-0.25, -0.2) is 4.79 Å². The fraction of sp³-hybridized carbons (Fsp3) is 0.111. The molecule has 0 aromatic heterocycles. The van der Waals surface area contributed by atoms with Gasteiger partial charge in [0.1, 0.15) is 6.61 Å². The van der Waals surface area contributed by atoms with Crippen LogP contribution in [0.25, 0.3) is 16.0 Å². The van der Waals surface area contributed by atoms with E-state index in [-0.39, 0.29) is 12.5 Å². The molecule has 0 fully saturated rings. The maximum atomic E-state index is 12.6. The van der Waals surface area contributed by atoms with Crippen molar-refractivity contribution >= 4 is 39.8 Å². The van der Waals surface area contributed by atoms with Gasteiger partial charge in [-0.2, -0.15) is 10.9 Å². The molecule has 1 heterocycles. The summed E-state index contributed by atoms with van der Waals surface area (Å²) in [5.74, 6) is 0.408. The topological polar surface area (TPSA) is 55.4 Å². The fourth-order valence-corrected chi connectivity index (χ4v) is 6.89. The summed E-state index contributed by atoms with van der Waals surface area (Å²) in [5, 5.41) is 5.45. The molecule has 3 aromatic rings. The van der Waals surface area contributed by atoms with E-state index in [4.69, 9.17) is 16.3 Å². The number of alkyl carbamates (subject to hydrolysis) is 1. The molecule has 3 aromatic carbocycles. The van der Waals surface area contributed by atoms with E-state index in [2.05, 4.69) is 29.6 Å². The number of fused-ring (bicyclic) bond motifs is 3. The minimum atomic E-state index is -0.888. The third-order valence-corrected chi connectivity index (χ3v) is 8.41. The lowest BCUT2D eigenvalue weighted by atomic mass is 9.98. The fourth-order valence-electron chi connectivity index (χ4n) is 4.46. The lowest BCUT2D eigenvalue weighted by Gasteiger charge is -2.20. The summed E-state index contributed by atoms with van der Waals surface area (Å²) in [7, 11) is -0.888. The summed E-state index contributed by atoms with van der Waals surface area (Å²) in [4.78, 5) is 25.0. The lowest BCUT2D eigenvalue weighted by Crippen LogP contribution is -2.26. The molecule has 0 saturated heterocycles. The highest BCUT2D eigenvalue weighted by Crippen LogP contribution is 2.50. The molecule has 4 nitrogen and oxygen atoms in total. The number of benzene rings is 3. The first kappa shape index (κ1) is 21.6. The second kappa shape index (κ2) is 9.30. The Hall–Kier alpha value is -3.28. The smallest absolute Gasteiger partial charge is 0.407 e. The van der Waals surface area contributed by atoms with Crippen molar-refractivity contribution in [2.45, 2.75) is 5.92 Å². The summed E-state index contributed by atoms with van der Waals surface area (Å²) in [6.07, 6.45) is 2.25. The van der Waals surface area contributed by atoms with Gasteiger partial charge in [-0.05, 0) is 39.3 Å². The van der Waals surface area contributed by atoms with Crippen molar-refractivity contribution < 1.29 is 14.3 Å². The van der Waals surface area contributed by atoms with Crippen LogP contribution >= 0.6 is 22.5 Å². The predicted molar refractivity (Wildman–Crippen MR) is 136 cm³/mol. The first-order valence-electron chi connectivity index (χ1n) is 10.6. The van der Waals surface area contributed by atoms with Gasteiger partial charge in [-0.3, -0.25) is 4.79 Å². The van der Waals surface area contributed by atoms with Crippen LogP contribution in [0.4, 0.5) is 4.79 Å². The summed E-state index contributed by atoms with van der Waals surface area (Å²) < 4.78 is 5.64. The van der Waals surface area contributed by atoms with Gasteiger partial charge in [0.25, 0.3) is 0 Å². The monoisotopic (exact) mass is 475 g/mol. The van der Waals surface area contributed by atoms with E-state index in [1.807, 2.05) is 53.9 Å². The average molecular weight is 476 g/mol. The van der Waals surface area contributed by atoms with Crippen molar-refractivity contribution in [3.63, 3.8) is 0 Å². The van der Waals surface area contributed by atoms with Crippen LogP contribution in [0.3, 0.4) is 0 Å². The van der Waals surface area contributed by atoms with Gasteiger partial charge in [0.2, 0.25) is 0 Å². The summed E-state index contributed by atoms with van der Waals surface area (Å²) in [6.45, 7) is 0.269. The molecule has 5 rings (SSSR count). The van der Waals surface area contributed by atoms with E-state index in [0.29, 0.717) is 16.5 Å². The SMILES string of the molecule is O=Cc1ccccc1C1=CC(Cl)=C[SH]1CNC(=O)OCC1c2ccccc2-c2ccccc21. The number of carbonyl (C=O) groups is 2. The van der Waals surface area contributed by atoms with Gasteiger partial charge in [-0.1, -0.05) is 84.4 Å². The molecule has 33 heavy (non-hydrogen) atoms. The van der Waals surface area contributed by atoms with E-state index in [1.54, 1.807) is 6.07 Å². The maximum absolute atomic E-state index is 12.6. The Morgan fingerprint density at radius 1 is 0.939 bits per heavy atom. The number of thiol groups is 1. The van der Waals surface area contributed by atoms with Crippen LogP contribution in [0.2, 0.25) is 0 Å². The van der Waals surface area contributed by atoms with Gasteiger partial charge < -0.3 is 10.1 Å². The molecule has 1 N–H and O–H groups in total. The minimum Gasteiger partial charge on any atom is -0.449 e. The summed E-state index contributed by atoms with van der Waals surface area (Å²) in [5.41, 5.74) is 6.20. The number of ether oxygens (including phenoxy) is 1. The molecule has 0 bridgehead atoms. The standard InChI is InChI=1S/C27H22ClNO3S/c28-19-13-26(20-8-2-1-7-18(20)14-30)33(16-19)17-29-27(31)32-15-25-23-11-5-3-9-21(23)22-10-4-6-12-24(22)25/h1-14,16,25,33H,15,17H2,(H,29,31). The Balaban J connectivity index is 1.24. The highest BCUT2D eigenvalue weighted by Gasteiger charge is 2.29. The zero-order chi connectivity index (χ0) is 22.8. The van der Waals surface area contributed by atoms with E-state index in [1.165, 1.54) is 22.3 Å². The molecule has 6 heteroatoms. The number of aldehydes is 1. The summed E-state index contributed by atoms with van der Waals surface area (Å²) >= 11 is 6.27. The number of halogens is 1. The number of allylic oxidation sites excluding steroid dienone is 2. The van der Waals surface area contributed by atoms with Crippen LogP contribution in [0.1, 0.15) is 33.0 Å². The van der Waals surface area contributed by atoms with Crippen LogP contribution in [0.15, 0.2) is 89.3 Å². The molecule has 1 atom stereocenters. The van der Waals surface area contributed by atoms with E-state index >= 15 is 0 Å². The van der Waals surface area contributed by atoms with Gasteiger partial charge >= 0.3 is 6.09 Å². The van der Waals surface area contributed by atoms with E-state index < -0.39 is 17.0 Å². The third-order valence-electron chi connectivity index (χ3n) is 5.96. The van der Waals surface area contributed by atoms with Gasteiger partial charge in [0.15, 0.2) is 6.29 Å². The quantitative estimate of drug-likeness (QED) is 0.319. The second-order valence-corrected chi connectivity index (χ2v) is 10.3. The molecule has 0 radical (unpaired) electrons. The number of nitrogens with one attached hydrogen (secondary N) is 1. The molecule has 0 saturated carbocycles. The number of carbonyl (C=O) groups excluding carboxylic acids is 2.